The van der Waals surface area contributed by atoms with E-state index in [1.165, 1.54) is 6.07 Å². The molecule has 0 atom stereocenters. The zero-order chi connectivity index (χ0) is 21.1. The van der Waals surface area contributed by atoms with E-state index in [2.05, 4.69) is 49.3 Å². The van der Waals surface area contributed by atoms with Gasteiger partial charge >= 0.3 is 0 Å². The topological polar surface area (TPSA) is 58.1 Å². The quantitative estimate of drug-likeness (QED) is 0.570. The van der Waals surface area contributed by atoms with Gasteiger partial charge < -0.3 is 10.2 Å². The van der Waals surface area contributed by atoms with Crippen LogP contribution in [0.2, 0.25) is 0 Å². The van der Waals surface area contributed by atoms with Crippen LogP contribution in [0.25, 0.3) is 11.3 Å². The van der Waals surface area contributed by atoms with Crippen molar-refractivity contribution in [3.8, 4) is 11.3 Å². The predicted molar refractivity (Wildman–Crippen MR) is 120 cm³/mol. The molecule has 2 heterocycles. The van der Waals surface area contributed by atoms with Crippen molar-refractivity contribution in [2.45, 2.75) is 19.8 Å². The molecular weight excluding hydrogens is 447 g/mol. The fraction of sp³-hybridized carbons (Fsp3) is 0.261. The average Bonchev–Trinajstić information content (AvgIpc) is 2.76. The Labute approximate surface area is 183 Å². The zero-order valence-corrected chi connectivity index (χ0v) is 18.2. The number of aromatic nitrogens is 2. The molecule has 7 heteroatoms. The van der Waals surface area contributed by atoms with Gasteiger partial charge in [0.1, 0.15) is 5.82 Å². The lowest BCUT2D eigenvalue weighted by atomic mass is 9.95. The number of nitrogens with one attached hydrogen (secondary N) is 1. The third-order valence-corrected chi connectivity index (χ3v) is 5.94. The molecule has 1 amide bonds. The molecule has 0 bridgehead atoms. The maximum Gasteiger partial charge on any atom is 0.227 e. The van der Waals surface area contributed by atoms with Crippen LogP contribution in [-0.2, 0) is 4.79 Å². The standard InChI is InChI=1S/C23H22BrFN4O/c1-15-4-2-3-5-18(15)20-8-9-22(28-27-20)29-12-10-16(11-13-29)23(30)26-21-7-6-17(24)14-19(21)25/h2-9,14,16H,10-13H2,1H3,(H,26,30). The van der Waals surface area contributed by atoms with Gasteiger partial charge in [0.15, 0.2) is 5.82 Å². The molecule has 5 nitrogen and oxygen atoms in total. The van der Waals surface area contributed by atoms with Crippen LogP contribution < -0.4 is 10.2 Å². The highest BCUT2D eigenvalue weighted by molar-refractivity contribution is 9.10. The molecule has 0 radical (unpaired) electrons. The molecule has 0 unspecified atom stereocenters. The monoisotopic (exact) mass is 468 g/mol. The highest BCUT2D eigenvalue weighted by Crippen LogP contribution is 2.26. The summed E-state index contributed by atoms with van der Waals surface area (Å²) in [7, 11) is 0. The Hall–Kier alpha value is -2.80. The van der Waals surface area contributed by atoms with Gasteiger partial charge in [-0.15, -0.1) is 10.2 Å². The summed E-state index contributed by atoms with van der Waals surface area (Å²) in [6, 6.07) is 16.7. The van der Waals surface area contributed by atoms with Crippen molar-refractivity contribution in [3.63, 3.8) is 0 Å². The highest BCUT2D eigenvalue weighted by Gasteiger charge is 2.26. The summed E-state index contributed by atoms with van der Waals surface area (Å²) in [4.78, 5) is 14.7. The lowest BCUT2D eigenvalue weighted by molar-refractivity contribution is -0.120. The first-order valence-corrected chi connectivity index (χ1v) is 10.7. The molecule has 4 rings (SSSR count). The maximum absolute atomic E-state index is 14.0. The van der Waals surface area contributed by atoms with Crippen molar-refractivity contribution in [2.24, 2.45) is 5.92 Å². The van der Waals surface area contributed by atoms with Crippen molar-refractivity contribution in [1.82, 2.24) is 10.2 Å². The molecule has 0 saturated carbocycles. The first kappa shape index (κ1) is 20.5. The number of carbonyl (C=O) groups excluding carboxylic acids is 1. The van der Waals surface area contributed by atoms with E-state index in [9.17, 15) is 9.18 Å². The number of hydrogen-bond acceptors (Lipinski definition) is 4. The number of amides is 1. The minimum atomic E-state index is -0.445. The summed E-state index contributed by atoms with van der Waals surface area (Å²) in [5.41, 5.74) is 3.30. The number of nitrogens with zero attached hydrogens (tertiary/aromatic N) is 3. The number of hydrogen-bond donors (Lipinski definition) is 1. The van der Waals surface area contributed by atoms with Crippen LogP contribution in [0.1, 0.15) is 18.4 Å². The normalized spacial score (nSPS) is 14.6. The van der Waals surface area contributed by atoms with E-state index in [0.717, 1.165) is 22.6 Å². The number of anilines is 2. The molecule has 1 saturated heterocycles. The third kappa shape index (κ3) is 4.51. The molecule has 0 spiro atoms. The highest BCUT2D eigenvalue weighted by atomic mass is 79.9. The van der Waals surface area contributed by atoms with E-state index in [0.29, 0.717) is 30.4 Å². The van der Waals surface area contributed by atoms with Crippen molar-refractivity contribution in [2.75, 3.05) is 23.3 Å². The number of rotatable bonds is 4. The minimum Gasteiger partial charge on any atom is -0.355 e. The van der Waals surface area contributed by atoms with Gasteiger partial charge in [-0.1, -0.05) is 40.2 Å². The van der Waals surface area contributed by atoms with E-state index in [1.54, 1.807) is 12.1 Å². The van der Waals surface area contributed by atoms with Crippen LogP contribution in [0, 0.1) is 18.7 Å². The van der Waals surface area contributed by atoms with E-state index in [4.69, 9.17) is 0 Å². The van der Waals surface area contributed by atoms with Gasteiger partial charge in [0.25, 0.3) is 0 Å². The molecule has 1 aliphatic heterocycles. The first-order chi connectivity index (χ1) is 14.5. The van der Waals surface area contributed by atoms with Crippen molar-refractivity contribution in [1.29, 1.82) is 0 Å². The maximum atomic E-state index is 14.0. The second kappa shape index (κ2) is 8.92. The Morgan fingerprint density at radius 3 is 2.53 bits per heavy atom. The van der Waals surface area contributed by atoms with Gasteiger partial charge in [0.2, 0.25) is 5.91 Å². The van der Waals surface area contributed by atoms with E-state index in [1.807, 2.05) is 30.3 Å². The van der Waals surface area contributed by atoms with Gasteiger partial charge in [-0.3, -0.25) is 4.79 Å². The molecule has 154 valence electrons. The van der Waals surface area contributed by atoms with Crippen molar-refractivity contribution >= 4 is 33.3 Å². The summed E-state index contributed by atoms with van der Waals surface area (Å²) in [5.74, 6) is 0.0738. The Bertz CT molecular complexity index is 1050. The number of benzene rings is 2. The molecule has 30 heavy (non-hydrogen) atoms. The fourth-order valence-electron chi connectivity index (χ4n) is 3.69. The summed E-state index contributed by atoms with van der Waals surface area (Å²) in [5, 5.41) is 11.5. The Balaban J connectivity index is 1.36. The molecule has 1 fully saturated rings. The summed E-state index contributed by atoms with van der Waals surface area (Å²) < 4.78 is 14.6. The van der Waals surface area contributed by atoms with E-state index < -0.39 is 5.82 Å². The Morgan fingerprint density at radius 1 is 1.10 bits per heavy atom. The van der Waals surface area contributed by atoms with E-state index >= 15 is 0 Å². The second-order valence-corrected chi connectivity index (χ2v) is 8.38. The third-order valence-electron chi connectivity index (χ3n) is 5.45. The molecule has 1 aliphatic rings. The molecule has 1 N–H and O–H groups in total. The van der Waals surface area contributed by atoms with Gasteiger partial charge in [-0.25, -0.2) is 4.39 Å². The molecular formula is C23H22BrFN4O. The number of carbonyl (C=O) groups is 1. The van der Waals surface area contributed by atoms with Gasteiger partial charge in [-0.05, 0) is 55.7 Å². The second-order valence-electron chi connectivity index (χ2n) is 7.47. The van der Waals surface area contributed by atoms with Crippen LogP contribution >= 0.6 is 15.9 Å². The number of aryl methyl sites for hydroxylation is 1. The Morgan fingerprint density at radius 2 is 1.87 bits per heavy atom. The van der Waals surface area contributed by atoms with Crippen LogP contribution in [-0.4, -0.2) is 29.2 Å². The summed E-state index contributed by atoms with van der Waals surface area (Å²) in [6.07, 6.45) is 1.37. The van der Waals surface area contributed by atoms with Gasteiger partial charge in [-0.2, -0.15) is 0 Å². The van der Waals surface area contributed by atoms with Crippen LogP contribution in [0.5, 0.6) is 0 Å². The Kier molecular flexibility index (Phi) is 6.08. The van der Waals surface area contributed by atoms with Crippen LogP contribution in [0.15, 0.2) is 59.1 Å². The first-order valence-electron chi connectivity index (χ1n) is 9.92. The van der Waals surface area contributed by atoms with Gasteiger partial charge in [0, 0.05) is 29.0 Å². The molecule has 1 aromatic heterocycles. The van der Waals surface area contributed by atoms with Gasteiger partial charge in [0.05, 0.1) is 11.4 Å². The van der Waals surface area contributed by atoms with Crippen LogP contribution in [0.4, 0.5) is 15.9 Å². The van der Waals surface area contributed by atoms with Crippen molar-refractivity contribution in [3.05, 3.63) is 70.5 Å². The SMILES string of the molecule is Cc1ccccc1-c1ccc(N2CCC(C(=O)Nc3ccc(Br)cc3F)CC2)nn1. The zero-order valence-electron chi connectivity index (χ0n) is 16.6. The molecule has 0 aliphatic carbocycles. The van der Waals surface area contributed by atoms with Crippen LogP contribution in [0.3, 0.4) is 0 Å². The summed E-state index contributed by atoms with van der Waals surface area (Å²) >= 11 is 3.22. The predicted octanol–water partition coefficient (Wildman–Crippen LogP) is 5.21. The largest absolute Gasteiger partial charge is 0.355 e. The minimum absolute atomic E-state index is 0.142. The lowest BCUT2D eigenvalue weighted by Crippen LogP contribution is -2.38. The molecule has 3 aromatic rings. The molecule has 2 aromatic carbocycles. The lowest BCUT2D eigenvalue weighted by Gasteiger charge is -2.31. The average molecular weight is 469 g/mol. The van der Waals surface area contributed by atoms with E-state index in [-0.39, 0.29) is 17.5 Å². The smallest absolute Gasteiger partial charge is 0.227 e. The number of halogens is 2. The van der Waals surface area contributed by atoms with Crippen molar-refractivity contribution < 1.29 is 9.18 Å². The summed E-state index contributed by atoms with van der Waals surface area (Å²) in [6.45, 7) is 3.47. The fourth-order valence-corrected chi connectivity index (χ4v) is 4.03. The number of piperidine rings is 1.